The van der Waals surface area contributed by atoms with Crippen LogP contribution in [0.15, 0.2) is 59.2 Å². The van der Waals surface area contributed by atoms with E-state index in [1.807, 2.05) is 62.4 Å². The van der Waals surface area contributed by atoms with Crippen molar-refractivity contribution in [1.82, 2.24) is 4.98 Å². The van der Waals surface area contributed by atoms with Gasteiger partial charge in [-0.2, -0.15) is 0 Å². The topological polar surface area (TPSA) is 64.4 Å². The third-order valence-corrected chi connectivity index (χ3v) is 4.73. The highest BCUT2D eigenvalue weighted by Gasteiger charge is 2.10. The maximum Gasteiger partial charge on any atom is 0.234 e. The predicted molar refractivity (Wildman–Crippen MR) is 109 cm³/mol. The number of hydrogen-bond acceptors (Lipinski definition) is 5. The number of nitrogens with zero attached hydrogens (tertiary/aromatic N) is 1. The van der Waals surface area contributed by atoms with Gasteiger partial charge in [-0.25, -0.2) is 4.98 Å². The van der Waals surface area contributed by atoms with Crippen molar-refractivity contribution in [2.24, 2.45) is 0 Å². The SMILES string of the molecule is CCOc1cc(C)ccc1NC(=O)CSCc1coc(-c2ccccc2)n1. The molecule has 1 aromatic heterocycles. The number of carbonyl (C=O) groups is 1. The molecule has 2 aromatic carbocycles. The van der Waals surface area contributed by atoms with Crippen molar-refractivity contribution < 1.29 is 13.9 Å². The molecule has 0 aliphatic rings. The molecule has 6 heteroatoms. The molecule has 3 rings (SSSR count). The molecule has 0 spiro atoms. The van der Waals surface area contributed by atoms with E-state index < -0.39 is 0 Å². The normalized spacial score (nSPS) is 10.6. The van der Waals surface area contributed by atoms with Crippen LogP contribution in [-0.4, -0.2) is 23.3 Å². The number of hydrogen-bond donors (Lipinski definition) is 1. The molecule has 1 amide bonds. The van der Waals surface area contributed by atoms with Crippen LogP contribution in [0.5, 0.6) is 5.75 Å². The van der Waals surface area contributed by atoms with Gasteiger partial charge in [0.25, 0.3) is 0 Å². The summed E-state index contributed by atoms with van der Waals surface area (Å²) in [7, 11) is 0. The monoisotopic (exact) mass is 382 g/mol. The number of nitrogens with one attached hydrogen (secondary N) is 1. The van der Waals surface area contributed by atoms with Gasteiger partial charge in [-0.1, -0.05) is 24.3 Å². The molecule has 1 heterocycles. The van der Waals surface area contributed by atoms with Crippen LogP contribution < -0.4 is 10.1 Å². The lowest BCUT2D eigenvalue weighted by Crippen LogP contribution is -2.15. The van der Waals surface area contributed by atoms with Gasteiger partial charge in [0.1, 0.15) is 12.0 Å². The fourth-order valence-corrected chi connectivity index (χ4v) is 3.23. The summed E-state index contributed by atoms with van der Waals surface area (Å²) in [5.41, 5.74) is 3.54. The number of oxazole rings is 1. The number of thioether (sulfide) groups is 1. The average Bonchev–Trinajstić information content (AvgIpc) is 3.14. The summed E-state index contributed by atoms with van der Waals surface area (Å²) < 4.78 is 11.1. The van der Waals surface area contributed by atoms with Gasteiger partial charge in [0.05, 0.1) is 23.7 Å². The lowest BCUT2D eigenvalue weighted by molar-refractivity contribution is -0.113. The molecule has 0 fully saturated rings. The Morgan fingerprint density at radius 2 is 2.04 bits per heavy atom. The first-order valence-electron chi connectivity index (χ1n) is 8.76. The fourth-order valence-electron chi connectivity index (χ4n) is 2.53. The van der Waals surface area contributed by atoms with Crippen molar-refractivity contribution in [3.8, 4) is 17.2 Å². The molecule has 0 saturated carbocycles. The van der Waals surface area contributed by atoms with E-state index in [0.717, 1.165) is 16.8 Å². The summed E-state index contributed by atoms with van der Waals surface area (Å²) in [5.74, 6) is 2.15. The van der Waals surface area contributed by atoms with Gasteiger partial charge < -0.3 is 14.5 Å². The second-order valence-corrected chi connectivity index (χ2v) is 6.97. The van der Waals surface area contributed by atoms with Crippen LogP contribution in [0.3, 0.4) is 0 Å². The molecule has 0 aliphatic carbocycles. The molecule has 1 N–H and O–H groups in total. The van der Waals surface area contributed by atoms with Crippen LogP contribution in [-0.2, 0) is 10.5 Å². The van der Waals surface area contributed by atoms with Gasteiger partial charge in [-0.15, -0.1) is 11.8 Å². The molecule has 0 radical (unpaired) electrons. The van der Waals surface area contributed by atoms with E-state index in [0.29, 0.717) is 35.4 Å². The van der Waals surface area contributed by atoms with Crippen LogP contribution in [0.25, 0.3) is 11.5 Å². The summed E-state index contributed by atoms with van der Waals surface area (Å²) in [6.45, 7) is 4.47. The third-order valence-electron chi connectivity index (χ3n) is 3.77. The lowest BCUT2D eigenvalue weighted by atomic mass is 10.2. The van der Waals surface area contributed by atoms with Crippen LogP contribution in [0, 0.1) is 6.92 Å². The Morgan fingerprint density at radius 1 is 1.22 bits per heavy atom. The number of anilines is 1. The minimum absolute atomic E-state index is 0.0726. The number of amides is 1. The predicted octanol–water partition coefficient (Wildman–Crippen LogP) is 4.92. The van der Waals surface area contributed by atoms with Crippen LogP contribution in [0.1, 0.15) is 18.2 Å². The van der Waals surface area contributed by atoms with E-state index in [2.05, 4.69) is 10.3 Å². The summed E-state index contributed by atoms with van der Waals surface area (Å²) in [6.07, 6.45) is 1.64. The third kappa shape index (κ3) is 5.37. The van der Waals surface area contributed by atoms with Gasteiger partial charge in [-0.05, 0) is 43.7 Å². The van der Waals surface area contributed by atoms with Crippen molar-refractivity contribution in [2.45, 2.75) is 19.6 Å². The number of aromatic nitrogens is 1. The Kier molecular flexibility index (Phi) is 6.54. The van der Waals surface area contributed by atoms with Crippen molar-refractivity contribution in [3.63, 3.8) is 0 Å². The molecule has 0 saturated heterocycles. The Bertz CT molecular complexity index is 893. The number of benzene rings is 2. The molecule has 5 nitrogen and oxygen atoms in total. The van der Waals surface area contributed by atoms with E-state index >= 15 is 0 Å². The first-order chi connectivity index (χ1) is 13.2. The smallest absolute Gasteiger partial charge is 0.234 e. The van der Waals surface area contributed by atoms with Crippen LogP contribution in [0.2, 0.25) is 0 Å². The fraction of sp³-hybridized carbons (Fsp3) is 0.238. The molecule has 140 valence electrons. The Morgan fingerprint density at radius 3 is 2.81 bits per heavy atom. The van der Waals surface area contributed by atoms with Crippen molar-refractivity contribution in [1.29, 1.82) is 0 Å². The largest absolute Gasteiger partial charge is 0.492 e. The Hall–Kier alpha value is -2.73. The van der Waals surface area contributed by atoms with Gasteiger partial charge in [0.15, 0.2) is 0 Å². The Balaban J connectivity index is 1.51. The second kappa shape index (κ2) is 9.28. The van der Waals surface area contributed by atoms with Crippen molar-refractivity contribution in [3.05, 3.63) is 66.1 Å². The maximum atomic E-state index is 12.2. The molecule has 0 unspecified atom stereocenters. The number of rotatable bonds is 8. The molecular weight excluding hydrogens is 360 g/mol. The average molecular weight is 382 g/mol. The quantitative estimate of drug-likeness (QED) is 0.599. The zero-order chi connectivity index (χ0) is 19.1. The molecule has 3 aromatic rings. The molecule has 27 heavy (non-hydrogen) atoms. The zero-order valence-electron chi connectivity index (χ0n) is 15.4. The van der Waals surface area contributed by atoms with Gasteiger partial charge in [0, 0.05) is 11.3 Å². The van der Waals surface area contributed by atoms with Crippen LogP contribution >= 0.6 is 11.8 Å². The van der Waals surface area contributed by atoms with Crippen LogP contribution in [0.4, 0.5) is 5.69 Å². The number of carbonyl (C=O) groups excluding carboxylic acids is 1. The van der Waals surface area contributed by atoms with E-state index in [1.54, 1.807) is 6.26 Å². The van der Waals surface area contributed by atoms with E-state index in [9.17, 15) is 4.79 Å². The highest BCUT2D eigenvalue weighted by molar-refractivity contribution is 7.99. The maximum absolute atomic E-state index is 12.2. The van der Waals surface area contributed by atoms with Crippen molar-refractivity contribution in [2.75, 3.05) is 17.7 Å². The molecule has 0 bridgehead atoms. The minimum atomic E-state index is -0.0726. The summed E-state index contributed by atoms with van der Waals surface area (Å²) in [5, 5.41) is 2.91. The second-order valence-electron chi connectivity index (χ2n) is 5.98. The van der Waals surface area contributed by atoms with Crippen molar-refractivity contribution >= 4 is 23.4 Å². The lowest BCUT2D eigenvalue weighted by Gasteiger charge is -2.12. The first kappa shape index (κ1) is 19.0. The van der Waals surface area contributed by atoms with E-state index in [-0.39, 0.29) is 5.91 Å². The van der Waals surface area contributed by atoms with E-state index in [1.165, 1.54) is 11.8 Å². The standard InChI is InChI=1S/C21H22N2O3S/c1-3-25-19-11-15(2)9-10-18(19)23-20(24)14-27-13-17-12-26-21(22-17)16-7-5-4-6-8-16/h4-12H,3,13-14H2,1-2H3,(H,23,24). The summed E-state index contributed by atoms with van der Waals surface area (Å²) >= 11 is 1.49. The molecule has 0 atom stereocenters. The zero-order valence-corrected chi connectivity index (χ0v) is 16.2. The molecular formula is C21H22N2O3S. The molecule has 0 aliphatic heterocycles. The highest BCUT2D eigenvalue weighted by Crippen LogP contribution is 2.26. The Labute approximate surface area is 163 Å². The van der Waals surface area contributed by atoms with Gasteiger partial charge in [0.2, 0.25) is 11.8 Å². The number of aryl methyl sites for hydroxylation is 1. The summed E-state index contributed by atoms with van der Waals surface area (Å²) in [4.78, 5) is 16.7. The van der Waals surface area contributed by atoms with Gasteiger partial charge >= 0.3 is 0 Å². The minimum Gasteiger partial charge on any atom is -0.492 e. The van der Waals surface area contributed by atoms with Gasteiger partial charge in [-0.3, -0.25) is 4.79 Å². The highest BCUT2D eigenvalue weighted by atomic mass is 32.2. The number of ether oxygens (including phenoxy) is 1. The summed E-state index contributed by atoms with van der Waals surface area (Å²) in [6, 6.07) is 15.5. The van der Waals surface area contributed by atoms with E-state index in [4.69, 9.17) is 9.15 Å². The first-order valence-corrected chi connectivity index (χ1v) is 9.92.